The van der Waals surface area contributed by atoms with Crippen LogP contribution in [-0.2, 0) is 108 Å². The molecule has 0 heterocycles. The first-order valence-corrected chi connectivity index (χ1v) is 21.5. The second-order valence-electron chi connectivity index (χ2n) is 6.72. The topological polar surface area (TPSA) is 162 Å². The van der Waals surface area contributed by atoms with E-state index in [0.717, 1.165) is 36.7 Å². The normalized spacial score (nSPS) is 6.77. The molecule has 9 nitrogen and oxygen atoms in total. The van der Waals surface area contributed by atoms with Gasteiger partial charge in [-0.1, -0.05) is 138 Å². The van der Waals surface area contributed by atoms with Crippen molar-refractivity contribution in [1.29, 1.82) is 10.8 Å². The van der Waals surface area contributed by atoms with Crippen molar-refractivity contribution in [2.75, 3.05) is 21.2 Å². The summed E-state index contributed by atoms with van der Waals surface area (Å²) in [4.78, 5) is 16.6. The molecule has 4 aromatic carbocycles. The zero-order chi connectivity index (χ0) is 50.0. The van der Waals surface area contributed by atoms with E-state index < -0.39 is 4.92 Å². The van der Waals surface area contributed by atoms with Gasteiger partial charge in [-0.3, -0.25) is 10.1 Å². The van der Waals surface area contributed by atoms with Gasteiger partial charge in [0, 0.05) is 77.5 Å². The molecule has 362 valence electrons. The van der Waals surface area contributed by atoms with Gasteiger partial charge >= 0.3 is 42.1 Å². The van der Waals surface area contributed by atoms with E-state index in [1.165, 1.54) is 7.05 Å². The van der Waals surface area contributed by atoms with Crippen molar-refractivity contribution in [2.24, 2.45) is 15.7 Å². The Morgan fingerprint density at radius 3 is 0.844 bits per heavy atom. The number of nitrogens with two attached hydrogens (primary N) is 1. The minimum absolute atomic E-state index is 0. The maximum absolute atomic E-state index is 8.81. The fraction of sp³-hybridized carbons (Fsp3) is 0.451. The van der Waals surface area contributed by atoms with Crippen LogP contribution in [0.4, 0.5) is 11.4 Å². The summed E-state index contributed by atoms with van der Waals surface area (Å²) in [7, 11) is 3.39. The van der Waals surface area contributed by atoms with Crippen LogP contribution in [0.15, 0.2) is 107 Å². The number of para-hydroxylation sites is 2. The summed E-state index contributed by atoms with van der Waals surface area (Å²) < 4.78 is 0. The number of nitrogens with zero attached hydrogens (tertiary/aromatic N) is 3. The van der Waals surface area contributed by atoms with E-state index in [0.29, 0.717) is 11.1 Å². The summed E-state index contributed by atoms with van der Waals surface area (Å²) in [6, 6.07) is 35.6. The fourth-order valence-corrected chi connectivity index (χ4v) is 2.53. The predicted octanol–water partition coefficient (Wildman–Crippen LogP) is 15.3. The Balaban J connectivity index is -0.0000000359. The van der Waals surface area contributed by atoms with Crippen LogP contribution in [0.2, 0.25) is 0 Å². The quantitative estimate of drug-likeness (QED) is 0.0655. The molecule has 0 aliphatic carbocycles. The molecule has 0 unspecified atom stereocenters. The maximum atomic E-state index is 8.81. The number of hydrogen-bond acceptors (Lipinski definition) is 8. The summed E-state index contributed by atoms with van der Waals surface area (Å²) in [5.74, 6) is 0. The molecule has 0 saturated carbocycles. The standard InChI is InChI=1S/2C14H9N2.10C2H6.CH3NO2.CH5N.CH4O.2W.2Y/c2*15-10-12-6-4-5-7-13(12)11-16-14-8-2-1-3-9-14;10*1-2;1-2(3)4;2*1-2;;;;/h2*1-8,15H;10*1-2H3;1H3;2H2,1H3;2H,1H3;;;;/q2*-3;;;;;;;;;;;;;;2*+2;;. The molecule has 0 bridgehead atoms. The van der Waals surface area contributed by atoms with Gasteiger partial charge in [-0.2, -0.15) is 60.7 Å². The second kappa shape index (κ2) is 119. The summed E-state index contributed by atoms with van der Waals surface area (Å²) in [6.07, 6.45) is 10.5. The zero-order valence-electron chi connectivity index (χ0n) is 44.4. The van der Waals surface area contributed by atoms with Crippen LogP contribution >= 0.6 is 0 Å². The fourth-order valence-electron chi connectivity index (χ4n) is 2.53. The van der Waals surface area contributed by atoms with E-state index in [9.17, 15) is 0 Å². The Morgan fingerprint density at radius 2 is 0.672 bits per heavy atom. The molecule has 0 atom stereocenters. The maximum Gasteiger partial charge on any atom is 2.00 e. The number of aliphatic hydroxyl groups excluding tert-OH is 1. The number of hydrogen-bond donors (Lipinski definition) is 4. The molecule has 13 heteroatoms. The smallest absolute Gasteiger partial charge is 0.400 e. The van der Waals surface area contributed by atoms with Crippen molar-refractivity contribution in [3.05, 3.63) is 142 Å². The first-order chi connectivity index (χ1) is 29.5. The van der Waals surface area contributed by atoms with Crippen LogP contribution in [-0.4, -0.2) is 56.1 Å². The van der Waals surface area contributed by atoms with Gasteiger partial charge in [0.1, 0.15) is 0 Å². The first-order valence-electron chi connectivity index (χ1n) is 21.5. The van der Waals surface area contributed by atoms with Crippen molar-refractivity contribution in [2.45, 2.75) is 138 Å². The molecule has 0 saturated heterocycles. The minimum atomic E-state index is -0.500. The zero-order valence-corrected chi connectivity index (χ0v) is 55.9. The van der Waals surface area contributed by atoms with Gasteiger partial charge in [0.05, 0.1) is 0 Å². The van der Waals surface area contributed by atoms with E-state index in [1.54, 1.807) is 24.3 Å². The van der Waals surface area contributed by atoms with Gasteiger partial charge in [0.25, 0.3) is 0 Å². The van der Waals surface area contributed by atoms with Gasteiger partial charge in [0.2, 0.25) is 0 Å². The van der Waals surface area contributed by atoms with Crippen LogP contribution in [0, 0.1) is 33.1 Å². The summed E-state index contributed by atoms with van der Waals surface area (Å²) in [5.41, 5.74) is 8.83. The third-order valence-electron chi connectivity index (χ3n) is 4.10. The summed E-state index contributed by atoms with van der Waals surface area (Å²) >= 11 is 0. The Hall–Kier alpha value is -1.54. The molecule has 4 aromatic rings. The third-order valence-corrected chi connectivity index (χ3v) is 4.10. The van der Waals surface area contributed by atoms with Crippen LogP contribution in [0.25, 0.3) is 0 Å². The average molecular weight is 1380 g/mol. The number of nitro groups is 1. The average Bonchev–Trinajstić information content (AvgIpc) is 3.38. The molecule has 5 N–H and O–H groups in total. The number of rotatable bonds is 6. The number of aliphatic imine (C=N–C) groups is 2. The molecule has 2 radical (unpaired) electrons. The van der Waals surface area contributed by atoms with E-state index >= 15 is 0 Å². The Labute approximate surface area is 476 Å². The van der Waals surface area contributed by atoms with E-state index in [1.807, 2.05) is 211 Å². The minimum Gasteiger partial charge on any atom is -0.400 e. The van der Waals surface area contributed by atoms with Crippen molar-refractivity contribution in [3.8, 4) is 0 Å². The van der Waals surface area contributed by atoms with Crippen molar-refractivity contribution in [1.82, 2.24) is 0 Å². The van der Waals surface area contributed by atoms with E-state index in [4.69, 9.17) is 26.0 Å². The summed E-state index contributed by atoms with van der Waals surface area (Å²) in [5, 5.41) is 30.1. The Bertz CT molecular complexity index is 1240. The third kappa shape index (κ3) is 84.0. The number of benzene rings is 4. The Morgan fingerprint density at radius 1 is 0.484 bits per heavy atom. The molecular weight excluding hydrogens is 1290 g/mol. The first kappa shape index (κ1) is 105. The van der Waals surface area contributed by atoms with Gasteiger partial charge in [-0.15, -0.1) is 60.5 Å². The van der Waals surface area contributed by atoms with Crippen LogP contribution in [0.3, 0.4) is 0 Å². The van der Waals surface area contributed by atoms with Gasteiger partial charge in [-0.05, 0) is 7.05 Å². The monoisotopic (exact) mass is 1380 g/mol. The molecular formula is C51H90N6O3W2Y2-2. The number of aliphatic hydroxyl groups is 1. The van der Waals surface area contributed by atoms with Crippen LogP contribution < -0.4 is 5.73 Å². The van der Waals surface area contributed by atoms with Crippen LogP contribution in [0.1, 0.15) is 161 Å². The van der Waals surface area contributed by atoms with Crippen molar-refractivity contribution in [3.63, 3.8) is 0 Å². The molecule has 4 rings (SSSR count). The number of nitrogens with one attached hydrogen (secondary N) is 2. The SMILES string of the molecule is CC.CC.CC.CC.CC.CC.CC.CC.CC.CC.CN.CO.C[N+](=O)[O-].N=[C-]c1ccccc1[C-]=Nc1[c-]cccc1.N=[C-]c1ccccc1[C-]=Nc1[c-]cccc1.[W+2].[W+2].[Y].[Y]. The predicted molar refractivity (Wildman–Crippen MR) is 274 cm³/mol. The molecule has 0 aliphatic heterocycles. The van der Waals surface area contributed by atoms with Gasteiger partial charge in [0.15, 0.2) is 7.05 Å². The Kier molecular flexibility index (Phi) is 195. The molecule has 0 amide bonds. The van der Waals surface area contributed by atoms with E-state index in [-0.39, 0.29) is 108 Å². The summed E-state index contributed by atoms with van der Waals surface area (Å²) in [6.45, 7) is 40.0. The molecule has 0 spiro atoms. The van der Waals surface area contributed by atoms with Crippen molar-refractivity contribution < 1.29 is 118 Å². The van der Waals surface area contributed by atoms with Crippen LogP contribution in [0.5, 0.6) is 0 Å². The molecule has 0 fully saturated rings. The molecule has 0 aromatic heterocycles. The van der Waals surface area contributed by atoms with Gasteiger partial charge in [-0.25, -0.2) is 46.5 Å². The largest absolute Gasteiger partial charge is 2.00 e. The second-order valence-corrected chi connectivity index (χ2v) is 6.72. The van der Waals surface area contributed by atoms with Crippen molar-refractivity contribution >= 4 is 36.2 Å². The van der Waals surface area contributed by atoms with Gasteiger partial charge < -0.3 is 31.6 Å². The molecule has 0 aliphatic rings. The molecule has 64 heavy (non-hydrogen) atoms. The van der Waals surface area contributed by atoms with E-state index in [2.05, 4.69) is 52.7 Å².